The second-order valence-electron chi connectivity index (χ2n) is 18.2. The number of hydrogen-bond donors (Lipinski definition) is 0. The number of rotatable bonds is 4. The summed E-state index contributed by atoms with van der Waals surface area (Å²) in [5.74, 6) is 0. The Bertz CT molecular complexity index is 3020. The van der Waals surface area contributed by atoms with Crippen molar-refractivity contribution >= 4 is 60.9 Å². The van der Waals surface area contributed by atoms with E-state index in [1.807, 2.05) is 0 Å². The second kappa shape index (κ2) is 12.0. The van der Waals surface area contributed by atoms with E-state index in [1.54, 1.807) is 0 Å². The fourth-order valence-corrected chi connectivity index (χ4v) is 9.20. The van der Waals surface area contributed by atoms with Gasteiger partial charge in [-0.25, -0.2) is 0 Å². The van der Waals surface area contributed by atoms with Gasteiger partial charge in [-0.3, -0.25) is 0 Å². The van der Waals surface area contributed by atoms with E-state index in [1.165, 1.54) is 38.9 Å². The first-order valence-corrected chi connectivity index (χ1v) is 19.9. The van der Waals surface area contributed by atoms with Gasteiger partial charge in [0, 0.05) is 27.3 Å². The van der Waals surface area contributed by atoms with Crippen molar-refractivity contribution in [1.29, 1.82) is 0 Å². The van der Waals surface area contributed by atoms with Gasteiger partial charge in [-0.05, 0) is 92.7 Å². The molecule has 0 aliphatic heterocycles. The number of fused-ring (bicyclic) bond motifs is 9. The molecule has 2 heterocycles. The molecule has 56 heavy (non-hydrogen) atoms. The smallest absolute Gasteiger partial charge is 0.139 e. The lowest BCUT2D eigenvalue weighted by Crippen LogP contribution is -2.16. The summed E-state index contributed by atoms with van der Waals surface area (Å²) >= 11 is 0. The molecule has 276 valence electrons. The third-order valence-electron chi connectivity index (χ3n) is 12.1. The van der Waals surface area contributed by atoms with Crippen LogP contribution in [0.2, 0.25) is 0 Å². The fraction of sp³-hybridized carbons (Fsp3) is 0.208. The predicted molar refractivity (Wildman–Crippen MR) is 236 cm³/mol. The average molecular weight is 730 g/mol. The molecule has 0 N–H and O–H groups in total. The minimum atomic E-state index is -0.163. The maximum absolute atomic E-state index is 6.98. The van der Waals surface area contributed by atoms with E-state index < -0.39 is 0 Å². The van der Waals surface area contributed by atoms with E-state index in [9.17, 15) is 0 Å². The molecule has 2 aromatic heterocycles. The van der Waals surface area contributed by atoms with Gasteiger partial charge in [0.05, 0.1) is 27.8 Å². The highest BCUT2D eigenvalue weighted by atomic mass is 16.3. The molecule has 0 amide bonds. The minimum absolute atomic E-state index is 0.0558. The Morgan fingerprint density at radius 2 is 1.11 bits per heavy atom. The van der Waals surface area contributed by atoms with Crippen molar-refractivity contribution in [2.75, 3.05) is 4.90 Å². The van der Waals surface area contributed by atoms with Gasteiger partial charge in [-0.2, -0.15) is 0 Å². The Kier molecular flexibility index (Phi) is 7.36. The van der Waals surface area contributed by atoms with E-state index in [0.29, 0.717) is 0 Å². The number of nitrogens with zero attached hydrogens (tertiary/aromatic N) is 1. The number of hydrogen-bond acceptors (Lipinski definition) is 3. The van der Waals surface area contributed by atoms with Crippen LogP contribution in [0.25, 0.3) is 66.1 Å². The normalized spacial score (nSPS) is 13.9. The van der Waals surface area contributed by atoms with Crippen LogP contribution in [0.4, 0.5) is 17.1 Å². The van der Waals surface area contributed by atoms with Crippen LogP contribution in [-0.2, 0) is 16.2 Å². The Morgan fingerprint density at radius 3 is 1.82 bits per heavy atom. The van der Waals surface area contributed by atoms with Gasteiger partial charge in [0.1, 0.15) is 22.3 Å². The molecular weight excluding hydrogens is 683 g/mol. The largest absolute Gasteiger partial charge is 0.456 e. The second-order valence-corrected chi connectivity index (χ2v) is 18.2. The van der Waals surface area contributed by atoms with Crippen LogP contribution < -0.4 is 4.90 Å². The number of benzene rings is 7. The molecule has 9 aromatic rings. The molecule has 1 aliphatic carbocycles. The molecule has 0 saturated heterocycles. The van der Waals surface area contributed by atoms with E-state index in [0.717, 1.165) is 66.5 Å². The van der Waals surface area contributed by atoms with Crippen LogP contribution >= 0.6 is 0 Å². The standard InChI is InChI=1S/C53H47NO2/c1-51(2,3)34-30-37-49-43(24-16-26-46(49)56-50(37)40(31-34)52(4,5)6)54(41-22-14-21-39-47(41)35-19-12-13-20-38(35)53(39,7)8)42-23-15-25-45-48(42)36-29-33(27-28-44(36)55-45)32-17-10-9-11-18-32/h9-31H,1-8H3. The third kappa shape index (κ3) is 5.10. The lowest BCUT2D eigenvalue weighted by atomic mass is 9.79. The lowest BCUT2D eigenvalue weighted by Gasteiger charge is -2.30. The Labute approximate surface area is 329 Å². The summed E-state index contributed by atoms with van der Waals surface area (Å²) in [4.78, 5) is 2.50. The predicted octanol–water partition coefficient (Wildman–Crippen LogP) is 15.5. The van der Waals surface area contributed by atoms with Crippen molar-refractivity contribution in [3.05, 3.63) is 162 Å². The summed E-state index contributed by atoms with van der Waals surface area (Å²) in [6, 6.07) is 50.8. The first-order chi connectivity index (χ1) is 26.8. The van der Waals surface area contributed by atoms with Crippen molar-refractivity contribution in [2.24, 2.45) is 0 Å². The first kappa shape index (κ1) is 34.4. The van der Waals surface area contributed by atoms with Gasteiger partial charge in [0.2, 0.25) is 0 Å². The van der Waals surface area contributed by atoms with E-state index in [-0.39, 0.29) is 16.2 Å². The highest BCUT2D eigenvalue weighted by Gasteiger charge is 2.38. The third-order valence-corrected chi connectivity index (χ3v) is 12.1. The molecule has 7 aromatic carbocycles. The maximum atomic E-state index is 6.98. The van der Waals surface area contributed by atoms with Crippen LogP contribution in [0.3, 0.4) is 0 Å². The van der Waals surface area contributed by atoms with Crippen LogP contribution in [0.5, 0.6) is 0 Å². The summed E-state index contributed by atoms with van der Waals surface area (Å²) in [7, 11) is 0. The van der Waals surface area contributed by atoms with Gasteiger partial charge in [0.15, 0.2) is 0 Å². The van der Waals surface area contributed by atoms with Gasteiger partial charge in [-0.15, -0.1) is 0 Å². The molecule has 0 unspecified atom stereocenters. The molecule has 0 spiro atoms. The topological polar surface area (TPSA) is 29.5 Å². The number of furan rings is 2. The highest BCUT2D eigenvalue weighted by Crippen LogP contribution is 2.56. The lowest BCUT2D eigenvalue weighted by molar-refractivity contribution is 0.559. The molecule has 3 heteroatoms. The zero-order valence-corrected chi connectivity index (χ0v) is 33.5. The van der Waals surface area contributed by atoms with Crippen molar-refractivity contribution in [3.63, 3.8) is 0 Å². The van der Waals surface area contributed by atoms with Crippen LogP contribution in [0.1, 0.15) is 77.6 Å². The van der Waals surface area contributed by atoms with Crippen molar-refractivity contribution in [1.82, 2.24) is 0 Å². The molecular formula is C53H47NO2. The fourth-order valence-electron chi connectivity index (χ4n) is 9.20. The van der Waals surface area contributed by atoms with Crippen molar-refractivity contribution < 1.29 is 8.83 Å². The number of anilines is 3. The van der Waals surface area contributed by atoms with Crippen LogP contribution in [0, 0.1) is 0 Å². The Morgan fingerprint density at radius 1 is 0.482 bits per heavy atom. The van der Waals surface area contributed by atoms with Crippen molar-refractivity contribution in [3.8, 4) is 22.3 Å². The van der Waals surface area contributed by atoms with Gasteiger partial charge in [-0.1, -0.05) is 146 Å². The summed E-state index contributed by atoms with van der Waals surface area (Å²) in [5.41, 5.74) is 16.5. The van der Waals surface area contributed by atoms with Crippen LogP contribution in [-0.4, -0.2) is 0 Å². The van der Waals surface area contributed by atoms with E-state index >= 15 is 0 Å². The molecule has 0 bridgehead atoms. The monoisotopic (exact) mass is 729 g/mol. The molecule has 0 atom stereocenters. The molecule has 1 aliphatic rings. The minimum Gasteiger partial charge on any atom is -0.456 e. The molecule has 3 nitrogen and oxygen atoms in total. The van der Waals surface area contributed by atoms with Gasteiger partial charge in [0.25, 0.3) is 0 Å². The molecule has 10 rings (SSSR count). The molecule has 0 radical (unpaired) electrons. The van der Waals surface area contributed by atoms with E-state index in [2.05, 4.69) is 200 Å². The summed E-state index contributed by atoms with van der Waals surface area (Å²) in [5, 5.41) is 4.42. The summed E-state index contributed by atoms with van der Waals surface area (Å²) in [6.07, 6.45) is 0. The SMILES string of the molecule is CC(C)(C)c1cc(C(C)(C)C)c2oc3cccc(N(c4cccc5c4-c4ccccc4C5(C)C)c4cccc5oc6ccc(-c7ccccc7)cc6c45)c3c2c1. The Hall–Kier alpha value is -6.06. The quantitative estimate of drug-likeness (QED) is 0.181. The zero-order chi connectivity index (χ0) is 38.7. The summed E-state index contributed by atoms with van der Waals surface area (Å²) < 4.78 is 13.7. The van der Waals surface area contributed by atoms with E-state index in [4.69, 9.17) is 8.83 Å². The summed E-state index contributed by atoms with van der Waals surface area (Å²) in [6.45, 7) is 18.5. The highest BCUT2D eigenvalue weighted by molar-refractivity contribution is 6.19. The average Bonchev–Trinajstić information content (AvgIpc) is 3.82. The zero-order valence-electron chi connectivity index (χ0n) is 33.5. The maximum Gasteiger partial charge on any atom is 0.139 e. The van der Waals surface area contributed by atoms with Crippen LogP contribution in [0.15, 0.2) is 148 Å². The molecule has 0 saturated carbocycles. The van der Waals surface area contributed by atoms with Gasteiger partial charge < -0.3 is 13.7 Å². The molecule has 0 fully saturated rings. The van der Waals surface area contributed by atoms with Crippen molar-refractivity contribution in [2.45, 2.75) is 71.6 Å². The van der Waals surface area contributed by atoms with Gasteiger partial charge >= 0.3 is 0 Å². The first-order valence-electron chi connectivity index (χ1n) is 19.9. The Balaban J connectivity index is 1.36.